The Hall–Kier alpha value is -1.69. The number of anilines is 2. The quantitative estimate of drug-likeness (QED) is 0.939. The van der Waals surface area contributed by atoms with E-state index in [1.165, 1.54) is 0 Å². The fourth-order valence-electron chi connectivity index (χ4n) is 1.59. The molecule has 18 heavy (non-hydrogen) atoms. The van der Waals surface area contributed by atoms with Crippen LogP contribution >= 0.6 is 15.9 Å². The third-order valence-electron chi connectivity index (χ3n) is 2.45. The van der Waals surface area contributed by atoms with Crippen molar-refractivity contribution in [1.82, 2.24) is 15.0 Å². The molecule has 2 heterocycles. The Labute approximate surface area is 114 Å². The molecule has 0 aliphatic rings. The lowest BCUT2D eigenvalue weighted by molar-refractivity contribution is 0.882. The van der Waals surface area contributed by atoms with Crippen molar-refractivity contribution in [2.45, 2.75) is 6.54 Å². The molecular formula is C12H14BrN5. The van der Waals surface area contributed by atoms with Crippen molar-refractivity contribution in [2.24, 2.45) is 0 Å². The maximum atomic E-state index is 4.42. The normalized spacial score (nSPS) is 10.2. The summed E-state index contributed by atoms with van der Waals surface area (Å²) in [6.45, 7) is 0.743. The Balaban J connectivity index is 2.20. The summed E-state index contributed by atoms with van der Waals surface area (Å²) >= 11 is 3.46. The van der Waals surface area contributed by atoms with Crippen molar-refractivity contribution >= 4 is 27.7 Å². The number of halogens is 1. The van der Waals surface area contributed by atoms with Gasteiger partial charge in [-0.2, -0.15) is 4.98 Å². The highest BCUT2D eigenvalue weighted by Crippen LogP contribution is 2.24. The minimum absolute atomic E-state index is 0.603. The van der Waals surface area contributed by atoms with Gasteiger partial charge in [-0.1, -0.05) is 6.07 Å². The first-order valence-corrected chi connectivity index (χ1v) is 6.30. The molecule has 2 aromatic rings. The Morgan fingerprint density at radius 2 is 2.22 bits per heavy atom. The monoisotopic (exact) mass is 307 g/mol. The van der Waals surface area contributed by atoms with Gasteiger partial charge in [-0.25, -0.2) is 4.98 Å². The van der Waals surface area contributed by atoms with Crippen LogP contribution in [0.2, 0.25) is 0 Å². The summed E-state index contributed by atoms with van der Waals surface area (Å²) < 4.78 is 0.868. The van der Waals surface area contributed by atoms with Crippen LogP contribution < -0.4 is 10.2 Å². The summed E-state index contributed by atoms with van der Waals surface area (Å²) in [7, 11) is 3.79. The second-order valence-corrected chi connectivity index (χ2v) is 4.69. The van der Waals surface area contributed by atoms with E-state index in [-0.39, 0.29) is 0 Å². The van der Waals surface area contributed by atoms with Gasteiger partial charge in [0.1, 0.15) is 5.82 Å². The van der Waals surface area contributed by atoms with Gasteiger partial charge < -0.3 is 10.2 Å². The molecule has 0 radical (unpaired) electrons. The van der Waals surface area contributed by atoms with Crippen LogP contribution in [0.5, 0.6) is 0 Å². The van der Waals surface area contributed by atoms with Gasteiger partial charge >= 0.3 is 0 Å². The van der Waals surface area contributed by atoms with Crippen LogP contribution in [0.4, 0.5) is 11.8 Å². The molecule has 5 nitrogen and oxygen atoms in total. The molecule has 2 aromatic heterocycles. The average molecular weight is 308 g/mol. The Kier molecular flexibility index (Phi) is 4.09. The van der Waals surface area contributed by atoms with Crippen molar-refractivity contribution < 1.29 is 0 Å². The van der Waals surface area contributed by atoms with Crippen molar-refractivity contribution in [3.63, 3.8) is 0 Å². The Morgan fingerprint density at radius 3 is 2.89 bits per heavy atom. The second-order valence-electron chi connectivity index (χ2n) is 3.83. The zero-order valence-electron chi connectivity index (χ0n) is 10.3. The SMILES string of the molecule is CNc1ncc(Br)c(N(C)Cc2cccnc2)n1. The van der Waals surface area contributed by atoms with Crippen LogP contribution in [0.15, 0.2) is 35.2 Å². The molecule has 0 aliphatic carbocycles. The fourth-order valence-corrected chi connectivity index (χ4v) is 2.08. The van der Waals surface area contributed by atoms with Crippen LogP contribution in [-0.4, -0.2) is 29.0 Å². The minimum Gasteiger partial charge on any atom is -0.357 e. The summed E-state index contributed by atoms with van der Waals surface area (Å²) in [5, 5.41) is 2.93. The van der Waals surface area contributed by atoms with E-state index in [0.29, 0.717) is 5.95 Å². The molecule has 0 fully saturated rings. The molecule has 94 valence electrons. The van der Waals surface area contributed by atoms with E-state index in [0.717, 1.165) is 22.4 Å². The molecule has 1 N–H and O–H groups in total. The largest absolute Gasteiger partial charge is 0.357 e. The van der Waals surface area contributed by atoms with E-state index < -0.39 is 0 Å². The summed E-state index contributed by atoms with van der Waals surface area (Å²) in [5.74, 6) is 1.45. The molecule has 0 atom stereocenters. The Morgan fingerprint density at radius 1 is 1.39 bits per heavy atom. The standard InChI is InChI=1S/C12H14BrN5/c1-14-12-16-7-10(13)11(17-12)18(2)8-9-4-3-5-15-6-9/h3-7H,8H2,1-2H3,(H,14,16,17). The van der Waals surface area contributed by atoms with Crippen molar-refractivity contribution in [1.29, 1.82) is 0 Å². The van der Waals surface area contributed by atoms with Gasteiger partial charge in [0.05, 0.1) is 4.47 Å². The number of nitrogens with zero attached hydrogens (tertiary/aromatic N) is 4. The van der Waals surface area contributed by atoms with Crippen molar-refractivity contribution in [2.75, 3.05) is 24.3 Å². The van der Waals surface area contributed by atoms with Gasteiger partial charge in [0, 0.05) is 39.2 Å². The molecular weight excluding hydrogens is 294 g/mol. The van der Waals surface area contributed by atoms with Crippen molar-refractivity contribution in [3.05, 3.63) is 40.8 Å². The minimum atomic E-state index is 0.603. The molecule has 0 saturated heterocycles. The highest BCUT2D eigenvalue weighted by Gasteiger charge is 2.10. The number of rotatable bonds is 4. The zero-order valence-corrected chi connectivity index (χ0v) is 11.8. The van der Waals surface area contributed by atoms with E-state index in [1.807, 2.05) is 30.3 Å². The highest BCUT2D eigenvalue weighted by atomic mass is 79.9. The number of nitrogens with one attached hydrogen (secondary N) is 1. The van der Waals surface area contributed by atoms with Crippen LogP contribution in [0.3, 0.4) is 0 Å². The van der Waals surface area contributed by atoms with Crippen LogP contribution in [-0.2, 0) is 6.54 Å². The summed E-state index contributed by atoms with van der Waals surface area (Å²) in [5.41, 5.74) is 1.14. The third kappa shape index (κ3) is 2.95. The highest BCUT2D eigenvalue weighted by molar-refractivity contribution is 9.10. The van der Waals surface area contributed by atoms with Crippen LogP contribution in [0.25, 0.3) is 0 Å². The molecule has 0 amide bonds. The number of pyridine rings is 1. The summed E-state index contributed by atoms with van der Waals surface area (Å²) in [6, 6.07) is 3.97. The number of aromatic nitrogens is 3. The lowest BCUT2D eigenvalue weighted by atomic mass is 10.3. The zero-order chi connectivity index (χ0) is 13.0. The van der Waals surface area contributed by atoms with E-state index in [1.54, 1.807) is 19.4 Å². The first-order chi connectivity index (χ1) is 8.70. The van der Waals surface area contributed by atoms with Gasteiger partial charge in [-0.15, -0.1) is 0 Å². The number of hydrogen-bond acceptors (Lipinski definition) is 5. The van der Waals surface area contributed by atoms with Gasteiger partial charge in [0.2, 0.25) is 5.95 Å². The molecule has 0 unspecified atom stereocenters. The first-order valence-electron chi connectivity index (χ1n) is 5.51. The molecule has 0 spiro atoms. The van der Waals surface area contributed by atoms with Crippen LogP contribution in [0.1, 0.15) is 5.56 Å². The predicted molar refractivity (Wildman–Crippen MR) is 75.6 cm³/mol. The molecule has 2 rings (SSSR count). The molecule has 6 heteroatoms. The average Bonchev–Trinajstić information content (AvgIpc) is 2.40. The maximum absolute atomic E-state index is 4.42. The van der Waals surface area contributed by atoms with Crippen LogP contribution in [0, 0.1) is 0 Å². The third-order valence-corrected chi connectivity index (χ3v) is 3.01. The van der Waals surface area contributed by atoms with E-state index >= 15 is 0 Å². The lowest BCUT2D eigenvalue weighted by Gasteiger charge is -2.19. The molecule has 0 aliphatic heterocycles. The fraction of sp³-hybridized carbons (Fsp3) is 0.250. The maximum Gasteiger partial charge on any atom is 0.224 e. The molecule has 0 bridgehead atoms. The molecule has 0 saturated carbocycles. The lowest BCUT2D eigenvalue weighted by Crippen LogP contribution is -2.19. The second kappa shape index (κ2) is 5.77. The van der Waals surface area contributed by atoms with Gasteiger partial charge in [0.15, 0.2) is 0 Å². The van der Waals surface area contributed by atoms with Gasteiger partial charge in [-0.3, -0.25) is 4.98 Å². The predicted octanol–water partition coefficient (Wildman–Crippen LogP) is 2.31. The van der Waals surface area contributed by atoms with E-state index in [9.17, 15) is 0 Å². The van der Waals surface area contributed by atoms with E-state index in [2.05, 4.69) is 36.2 Å². The molecule has 0 aromatic carbocycles. The smallest absolute Gasteiger partial charge is 0.224 e. The number of hydrogen-bond donors (Lipinski definition) is 1. The van der Waals surface area contributed by atoms with E-state index in [4.69, 9.17) is 0 Å². The summed E-state index contributed by atoms with van der Waals surface area (Å²) in [4.78, 5) is 14.7. The summed E-state index contributed by atoms with van der Waals surface area (Å²) in [6.07, 6.45) is 5.36. The van der Waals surface area contributed by atoms with Gasteiger partial charge in [0.25, 0.3) is 0 Å². The first kappa shape index (κ1) is 12.8. The van der Waals surface area contributed by atoms with Gasteiger partial charge in [-0.05, 0) is 27.6 Å². The topological polar surface area (TPSA) is 53.9 Å². The van der Waals surface area contributed by atoms with Crippen molar-refractivity contribution in [3.8, 4) is 0 Å². The Bertz CT molecular complexity index is 517.